The average Bonchev–Trinajstić information content (AvgIpc) is 2.49. The zero-order chi connectivity index (χ0) is 61.7. The van der Waals surface area contributed by atoms with Crippen molar-refractivity contribution >= 4 is 11.9 Å². The van der Waals surface area contributed by atoms with Crippen LogP contribution < -0.4 is 5.32 Å². The van der Waals surface area contributed by atoms with Gasteiger partial charge in [-0.25, -0.2) is 0 Å². The number of esters is 1. The number of nitrogens with one attached hydrogen (secondary N) is 1. The van der Waals surface area contributed by atoms with Crippen molar-refractivity contribution in [3.05, 3.63) is 109 Å². The Balaban J connectivity index is 2.65. The Hall–Kier alpha value is -3.68. The number of unbranched alkanes of at least 4 members (excludes halogenated alkanes) is 28. The largest absolute Gasteiger partial charge is 0.454 e. The molecule has 1 amide bonds. The van der Waals surface area contributed by atoms with Crippen LogP contribution in [0.1, 0.15) is 284 Å². The molecule has 0 radical (unpaired) electrons. The third-order valence-corrected chi connectivity index (χ3v) is 15.6. The van der Waals surface area contributed by atoms with Crippen LogP contribution >= 0.6 is 0 Å². The number of amides is 1. The van der Waals surface area contributed by atoms with E-state index in [-0.39, 0.29) is 19.4 Å². The van der Waals surface area contributed by atoms with Crippen LogP contribution in [0.3, 0.4) is 0 Å². The van der Waals surface area contributed by atoms with E-state index in [0.29, 0.717) is 12.8 Å². The summed E-state index contributed by atoms with van der Waals surface area (Å²) in [5.41, 5.74) is 0. The lowest BCUT2D eigenvalue weighted by Crippen LogP contribution is -2.61. The van der Waals surface area contributed by atoms with Gasteiger partial charge in [-0.05, 0) is 116 Å². The highest BCUT2D eigenvalue weighted by molar-refractivity contribution is 5.80. The summed E-state index contributed by atoms with van der Waals surface area (Å²) in [6, 6.07) is -1.04. The van der Waals surface area contributed by atoms with Crippen LogP contribution in [-0.2, 0) is 23.8 Å². The van der Waals surface area contributed by atoms with Crippen LogP contribution in [0.5, 0.6) is 0 Å². The van der Waals surface area contributed by atoms with E-state index in [2.05, 4.69) is 123 Å². The molecule has 1 saturated heterocycles. The molecule has 1 heterocycles. The molecule has 6 N–H and O–H groups in total. The predicted molar refractivity (Wildman–Crippen MR) is 356 cm³/mol. The second-order valence-electron chi connectivity index (χ2n) is 23.6. The van der Waals surface area contributed by atoms with Crippen molar-refractivity contribution in [2.75, 3.05) is 13.2 Å². The summed E-state index contributed by atoms with van der Waals surface area (Å²) >= 11 is 0. The molecule has 11 nitrogen and oxygen atoms in total. The molecule has 8 atom stereocenters. The molecule has 488 valence electrons. The van der Waals surface area contributed by atoms with Gasteiger partial charge in [0, 0.05) is 6.42 Å². The monoisotopic (exact) mass is 1190 g/mol. The third-order valence-electron chi connectivity index (χ3n) is 15.6. The van der Waals surface area contributed by atoms with Crippen molar-refractivity contribution in [1.82, 2.24) is 5.32 Å². The topological polar surface area (TPSA) is 175 Å². The first-order valence-electron chi connectivity index (χ1n) is 34.7. The lowest BCUT2D eigenvalue weighted by atomic mass is 9.99. The quantitative estimate of drug-likeness (QED) is 0.0195. The summed E-state index contributed by atoms with van der Waals surface area (Å²) in [6.07, 6.45) is 72.5. The standard InChI is InChI=1S/C74H127NO10/c1-4-7-10-13-16-19-22-25-27-29-31-33-34-35-37-39-41-44-47-50-53-56-59-62-69(79)85-72-71(81)70(80)68(63-76)84-74(72)83-64-65(66(77)60-57-54-51-48-45-42-24-21-18-15-12-9-6-3)75-73(82)67(78)61-58-55-52-49-46-43-40-38-36-32-30-28-26-23-20-17-14-11-8-5-2/h16-17,19-20,25-28,31-33,35-37,40,43,57,60,65-68,70-72,74,76-78,80-81H,4-15,18,21-24,29-30,34,38-39,41-42,44-56,58-59,61-64H2,1-3H3,(H,75,82)/b19-16-,20-17-,27-25-,28-26-,33-31-,36-32-,37-35-,43-40-,60-57+. The fourth-order valence-corrected chi connectivity index (χ4v) is 10.1. The first-order valence-corrected chi connectivity index (χ1v) is 34.7. The Morgan fingerprint density at radius 1 is 0.459 bits per heavy atom. The first-order chi connectivity index (χ1) is 41.7. The molecule has 0 aromatic heterocycles. The number of allylic oxidation sites excluding steroid dienone is 17. The van der Waals surface area contributed by atoms with E-state index in [4.69, 9.17) is 14.2 Å². The lowest BCUT2D eigenvalue weighted by molar-refractivity contribution is -0.305. The summed E-state index contributed by atoms with van der Waals surface area (Å²) in [6.45, 7) is 5.73. The van der Waals surface area contributed by atoms with Gasteiger partial charge >= 0.3 is 5.97 Å². The summed E-state index contributed by atoms with van der Waals surface area (Å²) in [5.74, 6) is -1.23. The van der Waals surface area contributed by atoms with Crippen LogP contribution in [-0.4, -0.2) is 99.6 Å². The molecule has 8 unspecified atom stereocenters. The molecule has 0 saturated carbocycles. The molecule has 0 spiro atoms. The van der Waals surface area contributed by atoms with E-state index in [0.717, 1.165) is 128 Å². The molecule has 0 aromatic rings. The van der Waals surface area contributed by atoms with Crippen molar-refractivity contribution in [3.8, 4) is 0 Å². The van der Waals surface area contributed by atoms with Crippen LogP contribution in [0.4, 0.5) is 0 Å². The van der Waals surface area contributed by atoms with Gasteiger partial charge in [-0.1, -0.05) is 271 Å². The number of rotatable bonds is 58. The Morgan fingerprint density at radius 2 is 0.812 bits per heavy atom. The minimum atomic E-state index is -1.63. The number of carbonyl (C=O) groups excluding carboxylic acids is 2. The molecular weight excluding hydrogens is 1060 g/mol. The number of hydrogen-bond acceptors (Lipinski definition) is 10. The zero-order valence-corrected chi connectivity index (χ0v) is 54.2. The molecule has 0 aromatic carbocycles. The van der Waals surface area contributed by atoms with E-state index < -0.39 is 67.4 Å². The van der Waals surface area contributed by atoms with Crippen molar-refractivity contribution < 1.29 is 49.3 Å². The smallest absolute Gasteiger partial charge is 0.306 e. The number of aliphatic hydroxyl groups excluding tert-OH is 5. The van der Waals surface area contributed by atoms with Crippen molar-refractivity contribution in [2.45, 2.75) is 333 Å². The Kier molecular flexibility index (Phi) is 56.6. The predicted octanol–water partition coefficient (Wildman–Crippen LogP) is 17.6. The van der Waals surface area contributed by atoms with Gasteiger partial charge < -0.3 is 45.1 Å². The molecule has 1 rings (SSSR count). The molecular formula is C74H127NO10. The van der Waals surface area contributed by atoms with Crippen molar-refractivity contribution in [3.63, 3.8) is 0 Å². The van der Waals surface area contributed by atoms with Gasteiger partial charge in [-0.2, -0.15) is 0 Å². The molecule has 1 fully saturated rings. The minimum absolute atomic E-state index is 0.103. The van der Waals surface area contributed by atoms with Crippen molar-refractivity contribution in [1.29, 1.82) is 0 Å². The van der Waals surface area contributed by atoms with Gasteiger partial charge in [0.25, 0.3) is 0 Å². The normalized spacial score (nSPS) is 19.1. The van der Waals surface area contributed by atoms with Gasteiger partial charge in [-0.3, -0.25) is 9.59 Å². The van der Waals surface area contributed by atoms with E-state index in [1.54, 1.807) is 6.08 Å². The van der Waals surface area contributed by atoms with Crippen LogP contribution in [0.2, 0.25) is 0 Å². The summed E-state index contributed by atoms with van der Waals surface area (Å²) < 4.78 is 17.7. The highest BCUT2D eigenvalue weighted by atomic mass is 16.7. The van der Waals surface area contributed by atoms with Gasteiger partial charge in [0.1, 0.15) is 24.4 Å². The fourth-order valence-electron chi connectivity index (χ4n) is 10.1. The van der Waals surface area contributed by atoms with Crippen LogP contribution in [0.25, 0.3) is 0 Å². The van der Waals surface area contributed by atoms with E-state index in [9.17, 15) is 35.1 Å². The summed E-state index contributed by atoms with van der Waals surface area (Å²) in [4.78, 5) is 26.7. The molecule has 0 aliphatic carbocycles. The van der Waals surface area contributed by atoms with Crippen LogP contribution in [0.15, 0.2) is 109 Å². The van der Waals surface area contributed by atoms with E-state index in [1.165, 1.54) is 109 Å². The second kappa shape index (κ2) is 60.6. The zero-order valence-electron chi connectivity index (χ0n) is 54.2. The van der Waals surface area contributed by atoms with Crippen molar-refractivity contribution in [2.24, 2.45) is 0 Å². The molecule has 11 heteroatoms. The van der Waals surface area contributed by atoms with Gasteiger partial charge in [0.2, 0.25) is 5.91 Å². The molecule has 1 aliphatic heterocycles. The number of ether oxygens (including phenoxy) is 3. The van der Waals surface area contributed by atoms with Gasteiger partial charge in [0.15, 0.2) is 12.4 Å². The average molecular weight is 1190 g/mol. The molecule has 0 bridgehead atoms. The minimum Gasteiger partial charge on any atom is -0.454 e. The highest BCUT2D eigenvalue weighted by Gasteiger charge is 2.47. The number of carbonyl (C=O) groups is 2. The Bertz CT molecular complexity index is 1800. The molecule has 85 heavy (non-hydrogen) atoms. The number of hydrogen-bond donors (Lipinski definition) is 6. The number of aliphatic hydroxyl groups is 5. The first kappa shape index (κ1) is 79.3. The Morgan fingerprint density at radius 3 is 1.24 bits per heavy atom. The highest BCUT2D eigenvalue weighted by Crippen LogP contribution is 2.26. The summed E-state index contributed by atoms with van der Waals surface area (Å²) in [5, 5.41) is 57.2. The van der Waals surface area contributed by atoms with Gasteiger partial charge in [-0.15, -0.1) is 0 Å². The summed E-state index contributed by atoms with van der Waals surface area (Å²) in [7, 11) is 0. The maximum absolute atomic E-state index is 13.5. The lowest BCUT2D eigenvalue weighted by Gasteiger charge is -2.41. The fraction of sp³-hybridized carbons (Fsp3) is 0.730. The maximum atomic E-state index is 13.5. The second-order valence-corrected chi connectivity index (χ2v) is 23.6. The van der Waals surface area contributed by atoms with Crippen LogP contribution in [0, 0.1) is 0 Å². The van der Waals surface area contributed by atoms with E-state index in [1.807, 2.05) is 6.08 Å². The SMILES string of the molecule is CCCCC/C=C\C/C=C\C/C=C\C/C=C\CCCCCCCCCC(=O)OC1C(OCC(NC(=O)C(O)CCCCCC/C=C\C/C=C\C/C=C\C/C=C\CCCCC)C(O)/C=C/CCCCCCCCCCCCC)OC(CO)C(O)C1O. The van der Waals surface area contributed by atoms with Gasteiger partial charge in [0.05, 0.1) is 25.4 Å². The van der Waals surface area contributed by atoms with E-state index >= 15 is 0 Å². The molecule has 1 aliphatic rings. The maximum Gasteiger partial charge on any atom is 0.306 e. The Labute approximate surface area is 519 Å². The third kappa shape index (κ3) is 48.0.